The van der Waals surface area contributed by atoms with Crippen LogP contribution in [0.4, 0.5) is 17.3 Å². The molecule has 19 heteroatoms. The van der Waals surface area contributed by atoms with E-state index in [0.717, 1.165) is 92.6 Å². The van der Waals surface area contributed by atoms with Gasteiger partial charge in [-0.25, -0.2) is 0 Å². The van der Waals surface area contributed by atoms with Crippen molar-refractivity contribution in [2.45, 2.75) is 62.9 Å². The predicted octanol–water partition coefficient (Wildman–Crippen LogP) is 3.18. The minimum Gasteiger partial charge on any atom is -0.457 e. The average molecular weight is 927 g/mol. The Morgan fingerprint density at radius 2 is 1.60 bits per heavy atom. The number of amides is 4. The number of fused-ring (bicyclic) bond motifs is 4. The van der Waals surface area contributed by atoms with Crippen molar-refractivity contribution in [3.05, 3.63) is 101 Å². The summed E-state index contributed by atoms with van der Waals surface area (Å²) in [6, 6.07) is 22.7. The average Bonchev–Trinajstić information content (AvgIpc) is 4.06. The summed E-state index contributed by atoms with van der Waals surface area (Å²) in [4.78, 5) is 66.1. The number of carbonyl (C=O) groups excluding carboxylic acids is 4. The van der Waals surface area contributed by atoms with Crippen LogP contribution in [-0.2, 0) is 28.6 Å². The SMILES string of the molecule is Nc1ncnc2c1C(c1ccc(Oc3ccccc3)cc1)=N[N+]2=C1CCC(N2CCN(CCOCCOCCNC(=O)CNc3cccc4c3C(=O)N(C3CCC(=O)NC3=O)C3OC43)CC2)CC1. The first-order valence-corrected chi connectivity index (χ1v) is 23.5. The zero-order valence-electron chi connectivity index (χ0n) is 37.8. The Balaban J connectivity index is 0.602. The second kappa shape index (κ2) is 20.3. The van der Waals surface area contributed by atoms with Gasteiger partial charge in [0.25, 0.3) is 5.91 Å². The van der Waals surface area contributed by atoms with Gasteiger partial charge in [0.05, 0.1) is 38.5 Å². The van der Waals surface area contributed by atoms with E-state index in [4.69, 9.17) is 29.8 Å². The highest BCUT2D eigenvalue weighted by Gasteiger charge is 2.57. The van der Waals surface area contributed by atoms with Gasteiger partial charge in [-0.15, -0.1) is 4.68 Å². The maximum Gasteiger partial charge on any atom is 0.363 e. The van der Waals surface area contributed by atoms with Gasteiger partial charge in [0.1, 0.15) is 46.4 Å². The minimum atomic E-state index is -0.793. The number of piperidine rings is 1. The lowest BCUT2D eigenvalue weighted by molar-refractivity contribution is -0.448. The molecule has 6 heterocycles. The fourth-order valence-electron chi connectivity index (χ4n) is 9.83. The quantitative estimate of drug-likeness (QED) is 0.0518. The van der Waals surface area contributed by atoms with Crippen molar-refractivity contribution in [2.24, 2.45) is 5.10 Å². The molecule has 1 aliphatic carbocycles. The number of epoxide rings is 1. The highest BCUT2D eigenvalue weighted by molar-refractivity contribution is 6.18. The number of ether oxygens (including phenoxy) is 4. The summed E-state index contributed by atoms with van der Waals surface area (Å²) >= 11 is 0. The van der Waals surface area contributed by atoms with Crippen LogP contribution in [0.15, 0.2) is 84.2 Å². The zero-order chi connectivity index (χ0) is 46.6. The fourth-order valence-corrected chi connectivity index (χ4v) is 9.83. The second-order valence-electron chi connectivity index (χ2n) is 17.7. The third-order valence-corrected chi connectivity index (χ3v) is 13.4. The number of nitrogen functional groups attached to an aromatic ring is 1. The Kier molecular flexibility index (Phi) is 13.5. The molecular formula is C49H56N11O8+. The van der Waals surface area contributed by atoms with Gasteiger partial charge >= 0.3 is 5.82 Å². The molecule has 3 saturated heterocycles. The van der Waals surface area contributed by atoms with Crippen molar-refractivity contribution in [3.63, 3.8) is 0 Å². The number of hydrazone groups is 1. The Bertz CT molecular complexity index is 2590. The summed E-state index contributed by atoms with van der Waals surface area (Å²) in [5.41, 5.74) is 11.7. The molecule has 0 bridgehead atoms. The molecule has 19 nitrogen and oxygen atoms in total. The largest absolute Gasteiger partial charge is 0.457 e. The van der Waals surface area contributed by atoms with E-state index >= 15 is 0 Å². The Morgan fingerprint density at radius 1 is 0.838 bits per heavy atom. The summed E-state index contributed by atoms with van der Waals surface area (Å²) in [5.74, 6) is 1.19. The molecule has 4 aromatic rings. The van der Waals surface area contributed by atoms with Gasteiger partial charge in [0, 0.05) is 81.4 Å². The number of nitrogens with two attached hydrogens (primary N) is 1. The number of nitrogens with one attached hydrogen (secondary N) is 3. The summed E-state index contributed by atoms with van der Waals surface area (Å²) < 4.78 is 25.4. The Hall–Kier alpha value is -6.64. The minimum absolute atomic E-state index is 0.0598. The highest BCUT2D eigenvalue weighted by atomic mass is 16.6. The van der Waals surface area contributed by atoms with Crippen molar-refractivity contribution in [3.8, 4) is 11.5 Å². The van der Waals surface area contributed by atoms with Gasteiger partial charge in [-0.05, 0) is 66.7 Å². The molecule has 1 aromatic heterocycles. The Morgan fingerprint density at radius 3 is 2.38 bits per heavy atom. The maximum atomic E-state index is 13.7. The first-order valence-electron chi connectivity index (χ1n) is 23.5. The van der Waals surface area contributed by atoms with E-state index in [1.165, 1.54) is 16.9 Å². The molecule has 0 spiro atoms. The summed E-state index contributed by atoms with van der Waals surface area (Å²) in [6.45, 7) is 7.02. The van der Waals surface area contributed by atoms with Crippen LogP contribution < -0.4 is 26.4 Å². The van der Waals surface area contributed by atoms with E-state index in [2.05, 4.69) is 35.7 Å². The number of imide groups is 1. The molecule has 10 rings (SSSR count). The standard InChI is InChI=1S/C49H55N11O8/c50-45-42-43(31-9-15-35(16-10-31)67-34-5-2-1-3-6-34)56-60(46(42)54-30-53-45)33-13-11-32(12-14-33)58-22-20-57(21-23-58)24-26-66-28-27-65-25-19-51-40(62)29-52-37-8-4-7-36-41(37)48(64)59(49-44(36)68-49)38-17-18-39(61)55-47(38)63/h1-10,15-16,30,32,38,44,49H,11-14,17-29H2,(H4-,50,51,52,53,54,55,56,61,62,63,64)/p+1. The lowest BCUT2D eigenvalue weighted by Crippen LogP contribution is -2.56. The van der Waals surface area contributed by atoms with Gasteiger partial charge in [-0.3, -0.25) is 39.2 Å². The van der Waals surface area contributed by atoms with Gasteiger partial charge in [0.15, 0.2) is 6.23 Å². The van der Waals surface area contributed by atoms with Gasteiger partial charge < -0.3 is 35.3 Å². The van der Waals surface area contributed by atoms with E-state index < -0.39 is 18.2 Å². The lowest BCUT2D eigenvalue weighted by Gasteiger charge is -2.40. The molecule has 3 atom stereocenters. The third-order valence-electron chi connectivity index (χ3n) is 13.4. The monoisotopic (exact) mass is 926 g/mol. The normalized spacial score (nSPS) is 22.5. The lowest BCUT2D eigenvalue weighted by atomic mass is 9.92. The van der Waals surface area contributed by atoms with Crippen LogP contribution in [0.5, 0.6) is 11.5 Å². The van der Waals surface area contributed by atoms with Gasteiger partial charge in [-0.2, -0.15) is 4.98 Å². The number of para-hydroxylation sites is 1. The summed E-state index contributed by atoms with van der Waals surface area (Å²) in [7, 11) is 0. The topological polar surface area (TPSA) is 221 Å². The van der Waals surface area contributed by atoms with Crippen LogP contribution >= 0.6 is 0 Å². The van der Waals surface area contributed by atoms with Crippen molar-refractivity contribution >= 4 is 52.4 Å². The molecule has 1 saturated carbocycles. The molecule has 5 aliphatic heterocycles. The molecule has 3 aromatic carbocycles. The second-order valence-corrected chi connectivity index (χ2v) is 17.7. The molecular weight excluding hydrogens is 871 g/mol. The maximum absolute atomic E-state index is 13.7. The first kappa shape index (κ1) is 45.2. The molecule has 3 unspecified atom stereocenters. The van der Waals surface area contributed by atoms with Crippen molar-refractivity contribution in [1.82, 2.24) is 35.3 Å². The first-order chi connectivity index (χ1) is 33.3. The summed E-state index contributed by atoms with van der Waals surface area (Å²) in [6.07, 6.45) is 4.98. The molecule has 4 fully saturated rings. The number of carbonyl (C=O) groups is 4. The number of rotatable bonds is 17. The molecule has 6 aliphatic rings. The van der Waals surface area contributed by atoms with Crippen LogP contribution in [0, 0.1) is 0 Å². The highest BCUT2D eigenvalue weighted by Crippen LogP contribution is 2.50. The van der Waals surface area contributed by atoms with Crippen LogP contribution in [0.2, 0.25) is 0 Å². The number of nitrogens with zero attached hydrogens (tertiary/aromatic N) is 7. The number of anilines is 2. The number of hydrogen-bond donors (Lipinski definition) is 4. The zero-order valence-corrected chi connectivity index (χ0v) is 37.8. The van der Waals surface area contributed by atoms with Gasteiger partial charge in [0.2, 0.25) is 24.0 Å². The van der Waals surface area contributed by atoms with E-state index in [-0.39, 0.29) is 43.2 Å². The number of benzene rings is 3. The van der Waals surface area contributed by atoms with Gasteiger partial charge in [-0.1, -0.05) is 35.4 Å². The van der Waals surface area contributed by atoms with Crippen LogP contribution in [0.1, 0.15) is 71.7 Å². The molecule has 4 amide bonds. The van der Waals surface area contributed by atoms with Crippen molar-refractivity contribution in [1.29, 1.82) is 0 Å². The number of piperazine rings is 1. The summed E-state index contributed by atoms with van der Waals surface area (Å²) in [5, 5.41) is 13.3. The Labute approximate surface area is 393 Å². The molecule has 354 valence electrons. The third kappa shape index (κ3) is 9.84. The van der Waals surface area contributed by atoms with Crippen LogP contribution in [-0.4, -0.2) is 155 Å². The molecule has 68 heavy (non-hydrogen) atoms. The van der Waals surface area contributed by atoms with Crippen LogP contribution in [0.3, 0.4) is 0 Å². The van der Waals surface area contributed by atoms with E-state index in [1.807, 2.05) is 65.3 Å². The fraction of sp³-hybridized carbons (Fsp3) is 0.429. The van der Waals surface area contributed by atoms with Crippen molar-refractivity contribution < 1.29 is 42.8 Å². The number of hydrogen-bond acceptors (Lipinski definition) is 15. The van der Waals surface area contributed by atoms with E-state index in [1.54, 1.807) is 12.1 Å². The number of aromatic nitrogens is 2. The van der Waals surface area contributed by atoms with Crippen LogP contribution in [0.25, 0.3) is 0 Å². The van der Waals surface area contributed by atoms with E-state index in [9.17, 15) is 19.2 Å². The molecule has 0 radical (unpaired) electrons. The smallest absolute Gasteiger partial charge is 0.363 e. The van der Waals surface area contributed by atoms with E-state index in [0.29, 0.717) is 61.6 Å². The predicted molar refractivity (Wildman–Crippen MR) is 250 cm³/mol. The molecule has 5 N–H and O–H groups in total. The van der Waals surface area contributed by atoms with Crippen molar-refractivity contribution in [2.75, 3.05) is 83.3 Å².